The quantitative estimate of drug-likeness (QED) is 0.228. The van der Waals surface area contributed by atoms with E-state index in [0.29, 0.717) is 30.6 Å². The van der Waals surface area contributed by atoms with Crippen LogP contribution in [0, 0.1) is 17.6 Å². The number of nitrogens with zero attached hydrogens (tertiary/aromatic N) is 1. The lowest BCUT2D eigenvalue weighted by Gasteiger charge is -2.21. The first kappa shape index (κ1) is 25.0. The van der Waals surface area contributed by atoms with Crippen LogP contribution in [0.4, 0.5) is 8.78 Å². The summed E-state index contributed by atoms with van der Waals surface area (Å²) >= 11 is 0. The van der Waals surface area contributed by atoms with Crippen molar-refractivity contribution in [3.8, 4) is 0 Å². The van der Waals surface area contributed by atoms with Crippen molar-refractivity contribution in [1.82, 2.24) is 10.6 Å². The zero-order chi connectivity index (χ0) is 19.5. The molecule has 8 heteroatoms. The minimum absolute atomic E-state index is 0. The monoisotopic (exact) mass is 511 g/mol. The summed E-state index contributed by atoms with van der Waals surface area (Å²) in [5.74, 6) is -0.422. The van der Waals surface area contributed by atoms with Crippen LogP contribution in [0.1, 0.15) is 44.7 Å². The lowest BCUT2D eigenvalue weighted by Crippen LogP contribution is -2.38. The number of aliphatic imine (C=N–C) groups is 1. The Bertz CT molecular complexity index is 599. The van der Waals surface area contributed by atoms with Crippen molar-refractivity contribution in [3.05, 3.63) is 35.4 Å². The van der Waals surface area contributed by atoms with Gasteiger partial charge in [-0.2, -0.15) is 0 Å². The van der Waals surface area contributed by atoms with Gasteiger partial charge in [-0.15, -0.1) is 24.0 Å². The van der Waals surface area contributed by atoms with Crippen LogP contribution in [0.15, 0.2) is 23.2 Å². The Morgan fingerprint density at radius 2 is 2.04 bits per heavy atom. The van der Waals surface area contributed by atoms with E-state index in [-0.39, 0.29) is 30.0 Å². The Morgan fingerprint density at radius 3 is 2.71 bits per heavy atom. The molecule has 1 heterocycles. The molecule has 1 aromatic rings. The van der Waals surface area contributed by atoms with E-state index in [1.807, 2.05) is 13.8 Å². The van der Waals surface area contributed by atoms with Gasteiger partial charge in [0.15, 0.2) is 17.6 Å². The summed E-state index contributed by atoms with van der Waals surface area (Å²) in [6.07, 6.45) is 2.99. The fourth-order valence-electron chi connectivity index (χ4n) is 2.91. The highest BCUT2D eigenvalue weighted by Gasteiger charge is 2.13. The summed E-state index contributed by atoms with van der Waals surface area (Å²) in [6, 6.07) is 3.73. The van der Waals surface area contributed by atoms with Gasteiger partial charge < -0.3 is 20.1 Å². The van der Waals surface area contributed by atoms with Gasteiger partial charge in [-0.3, -0.25) is 4.99 Å². The molecule has 1 saturated heterocycles. The van der Waals surface area contributed by atoms with E-state index in [1.54, 1.807) is 6.07 Å². The highest BCUT2D eigenvalue weighted by molar-refractivity contribution is 14.0. The summed E-state index contributed by atoms with van der Waals surface area (Å²) in [5.41, 5.74) is 0.666. The van der Waals surface area contributed by atoms with Crippen molar-refractivity contribution in [2.75, 3.05) is 39.5 Å². The molecule has 1 aromatic carbocycles. The highest BCUT2D eigenvalue weighted by atomic mass is 127. The van der Waals surface area contributed by atoms with Crippen LogP contribution in [0.3, 0.4) is 0 Å². The van der Waals surface area contributed by atoms with Crippen molar-refractivity contribution >= 4 is 29.9 Å². The molecule has 5 nitrogen and oxygen atoms in total. The van der Waals surface area contributed by atoms with Crippen LogP contribution in [0.25, 0.3) is 0 Å². The van der Waals surface area contributed by atoms with E-state index in [2.05, 4.69) is 15.6 Å². The first-order valence-corrected chi connectivity index (χ1v) is 9.75. The zero-order valence-electron chi connectivity index (χ0n) is 16.7. The van der Waals surface area contributed by atoms with E-state index in [9.17, 15) is 8.78 Å². The third kappa shape index (κ3) is 9.00. The van der Waals surface area contributed by atoms with Gasteiger partial charge in [0.1, 0.15) is 0 Å². The lowest BCUT2D eigenvalue weighted by molar-refractivity contribution is 0.0205. The fourth-order valence-corrected chi connectivity index (χ4v) is 2.91. The van der Waals surface area contributed by atoms with Crippen molar-refractivity contribution in [3.63, 3.8) is 0 Å². The van der Waals surface area contributed by atoms with Gasteiger partial charge in [0.25, 0.3) is 0 Å². The van der Waals surface area contributed by atoms with Crippen LogP contribution < -0.4 is 10.6 Å². The van der Waals surface area contributed by atoms with Gasteiger partial charge in [-0.25, -0.2) is 8.78 Å². The average Bonchev–Trinajstić information content (AvgIpc) is 2.67. The molecule has 0 radical (unpaired) electrons. The third-order valence-corrected chi connectivity index (χ3v) is 4.55. The maximum atomic E-state index is 13.4. The molecular weight excluding hydrogens is 479 g/mol. The molecule has 160 valence electrons. The normalized spacial score (nSPS) is 16.4. The fraction of sp³-hybridized carbons (Fsp3) is 0.650. The van der Waals surface area contributed by atoms with Gasteiger partial charge in [0.05, 0.1) is 6.04 Å². The lowest BCUT2D eigenvalue weighted by atomic mass is 10.0. The Morgan fingerprint density at radius 1 is 1.29 bits per heavy atom. The van der Waals surface area contributed by atoms with E-state index in [4.69, 9.17) is 9.47 Å². The van der Waals surface area contributed by atoms with Crippen LogP contribution >= 0.6 is 24.0 Å². The SMILES string of the molecule is CCNC(=NCCCOCC1CCOCC1)NC(C)c1ccc(F)c(F)c1.I. The molecule has 1 fully saturated rings. The number of rotatable bonds is 9. The highest BCUT2D eigenvalue weighted by Crippen LogP contribution is 2.16. The Balaban J connectivity index is 0.00000392. The summed E-state index contributed by atoms with van der Waals surface area (Å²) in [5, 5.41) is 6.39. The summed E-state index contributed by atoms with van der Waals surface area (Å²) in [6.45, 7) is 8.37. The molecule has 2 N–H and O–H groups in total. The van der Waals surface area contributed by atoms with Crippen LogP contribution in [-0.2, 0) is 9.47 Å². The summed E-state index contributed by atoms with van der Waals surface area (Å²) in [7, 11) is 0. The summed E-state index contributed by atoms with van der Waals surface area (Å²) in [4.78, 5) is 4.53. The largest absolute Gasteiger partial charge is 0.381 e. The van der Waals surface area contributed by atoms with Gasteiger partial charge in [-0.1, -0.05) is 6.07 Å². The van der Waals surface area contributed by atoms with E-state index >= 15 is 0 Å². The molecule has 0 amide bonds. The first-order chi connectivity index (χ1) is 13.1. The molecule has 0 spiro atoms. The molecule has 28 heavy (non-hydrogen) atoms. The summed E-state index contributed by atoms with van der Waals surface area (Å²) < 4.78 is 37.6. The van der Waals surface area contributed by atoms with Crippen molar-refractivity contribution in [2.24, 2.45) is 10.9 Å². The predicted octanol–water partition coefficient (Wildman–Crippen LogP) is 4.03. The second-order valence-corrected chi connectivity index (χ2v) is 6.78. The Hall–Kier alpha value is -1.00. The molecule has 1 aliphatic heterocycles. The predicted molar refractivity (Wildman–Crippen MR) is 118 cm³/mol. The molecule has 0 aromatic heterocycles. The maximum absolute atomic E-state index is 13.4. The van der Waals surface area contributed by atoms with Crippen molar-refractivity contribution in [1.29, 1.82) is 0 Å². The molecular formula is C20H32F2IN3O2. The molecule has 2 rings (SSSR count). The molecule has 1 aliphatic rings. The van der Waals surface area contributed by atoms with E-state index in [1.165, 1.54) is 6.07 Å². The molecule has 0 aliphatic carbocycles. The standard InChI is InChI=1S/C20H31F2N3O2.HI/c1-3-23-20(25-15(2)17-5-6-18(21)19(22)13-17)24-9-4-10-27-14-16-7-11-26-12-8-16;/h5-6,13,15-16H,3-4,7-12,14H2,1-2H3,(H2,23,24,25);1H. The molecule has 1 atom stereocenters. The smallest absolute Gasteiger partial charge is 0.191 e. The van der Waals surface area contributed by atoms with E-state index < -0.39 is 11.6 Å². The third-order valence-electron chi connectivity index (χ3n) is 4.55. The number of halogens is 3. The van der Waals surface area contributed by atoms with Gasteiger partial charge in [0, 0.05) is 39.5 Å². The topological polar surface area (TPSA) is 54.9 Å². The van der Waals surface area contributed by atoms with Gasteiger partial charge >= 0.3 is 0 Å². The second-order valence-electron chi connectivity index (χ2n) is 6.78. The minimum atomic E-state index is -0.843. The maximum Gasteiger partial charge on any atom is 0.191 e. The molecule has 0 saturated carbocycles. The average molecular weight is 511 g/mol. The number of nitrogens with one attached hydrogen (secondary N) is 2. The number of hydrogen-bond acceptors (Lipinski definition) is 3. The molecule has 0 bridgehead atoms. The molecule has 1 unspecified atom stereocenters. The van der Waals surface area contributed by atoms with E-state index in [0.717, 1.165) is 51.7 Å². The van der Waals surface area contributed by atoms with Crippen molar-refractivity contribution in [2.45, 2.75) is 39.2 Å². The van der Waals surface area contributed by atoms with Crippen molar-refractivity contribution < 1.29 is 18.3 Å². The van der Waals surface area contributed by atoms with Gasteiger partial charge in [0.2, 0.25) is 0 Å². The number of benzene rings is 1. The Labute approximate surface area is 183 Å². The van der Waals surface area contributed by atoms with Gasteiger partial charge in [-0.05, 0) is 56.7 Å². The number of hydrogen-bond donors (Lipinski definition) is 2. The van der Waals surface area contributed by atoms with Crippen LogP contribution in [0.5, 0.6) is 0 Å². The number of ether oxygens (including phenoxy) is 2. The second kappa shape index (κ2) is 14.1. The zero-order valence-corrected chi connectivity index (χ0v) is 19.0. The Kier molecular flexibility index (Phi) is 12.6. The first-order valence-electron chi connectivity index (χ1n) is 9.75. The van der Waals surface area contributed by atoms with Crippen LogP contribution in [-0.4, -0.2) is 45.5 Å². The minimum Gasteiger partial charge on any atom is -0.381 e. The number of guanidine groups is 1. The van der Waals surface area contributed by atoms with Crippen LogP contribution in [0.2, 0.25) is 0 Å².